The smallest absolute Gasteiger partial charge is 0.403 e. The van der Waals surface area contributed by atoms with Gasteiger partial charge in [-0.15, -0.1) is 0 Å². The third kappa shape index (κ3) is 16.4. The number of hydrogen-bond donors (Lipinski definition) is 0. The molecule has 0 aliphatic rings. The van der Waals surface area contributed by atoms with Gasteiger partial charge in [0.2, 0.25) is 0 Å². The van der Waals surface area contributed by atoms with Gasteiger partial charge >= 0.3 is 5.43 Å². The van der Waals surface area contributed by atoms with E-state index in [-0.39, 0.29) is 6.61 Å². The van der Waals surface area contributed by atoms with Gasteiger partial charge in [-0.1, -0.05) is 20.8 Å². The second kappa shape index (κ2) is 13.7. The SMILES string of the molecule is CCN(CC)CC.COCCOC(=O)Cl. The van der Waals surface area contributed by atoms with E-state index in [0.29, 0.717) is 6.61 Å². The molecule has 0 unspecified atom stereocenters. The monoisotopic (exact) mass is 239 g/mol. The van der Waals surface area contributed by atoms with Gasteiger partial charge in [0.25, 0.3) is 0 Å². The van der Waals surface area contributed by atoms with Gasteiger partial charge in [0.05, 0.1) is 6.61 Å². The van der Waals surface area contributed by atoms with Gasteiger partial charge in [-0.3, -0.25) is 0 Å². The molecule has 0 aliphatic heterocycles. The zero-order valence-corrected chi connectivity index (χ0v) is 10.8. The van der Waals surface area contributed by atoms with Crippen LogP contribution in [0, 0.1) is 0 Å². The number of rotatable bonds is 6. The number of hydrogen-bond acceptors (Lipinski definition) is 4. The van der Waals surface area contributed by atoms with Gasteiger partial charge in [0.1, 0.15) is 6.61 Å². The van der Waals surface area contributed by atoms with Crippen LogP contribution in [0.3, 0.4) is 0 Å². The number of carbonyl (C=O) groups excluding carboxylic acids is 1. The van der Waals surface area contributed by atoms with Crippen molar-refractivity contribution in [1.82, 2.24) is 4.90 Å². The number of halogens is 1. The zero-order valence-electron chi connectivity index (χ0n) is 10.1. The second-order valence-corrected chi connectivity index (χ2v) is 3.01. The molecule has 0 N–H and O–H groups in total. The first kappa shape index (κ1) is 17.1. The summed E-state index contributed by atoms with van der Waals surface area (Å²) in [6.07, 6.45) is 0. The van der Waals surface area contributed by atoms with Crippen LogP contribution in [0.5, 0.6) is 0 Å². The molecular formula is C10H22ClNO3. The van der Waals surface area contributed by atoms with Crippen LogP contribution < -0.4 is 0 Å². The molecule has 0 aromatic heterocycles. The summed E-state index contributed by atoms with van der Waals surface area (Å²) in [5, 5.41) is 0. The van der Waals surface area contributed by atoms with Crippen LogP contribution in [0.2, 0.25) is 0 Å². The minimum Gasteiger partial charge on any atom is -0.451 e. The summed E-state index contributed by atoms with van der Waals surface area (Å²) >= 11 is 4.80. The molecule has 5 heteroatoms. The molecule has 0 rings (SSSR count). The highest BCUT2D eigenvalue weighted by atomic mass is 35.5. The summed E-state index contributed by atoms with van der Waals surface area (Å²) in [5.41, 5.74) is -0.790. The molecule has 0 aromatic rings. The molecule has 0 saturated heterocycles. The first-order chi connectivity index (χ1) is 7.12. The molecule has 92 valence electrons. The van der Waals surface area contributed by atoms with Gasteiger partial charge < -0.3 is 14.4 Å². The molecular weight excluding hydrogens is 218 g/mol. The van der Waals surface area contributed by atoms with Crippen molar-refractivity contribution in [3.05, 3.63) is 0 Å². The molecule has 15 heavy (non-hydrogen) atoms. The Kier molecular flexibility index (Phi) is 15.6. The predicted molar refractivity (Wildman–Crippen MR) is 62.5 cm³/mol. The minimum atomic E-state index is -0.790. The van der Waals surface area contributed by atoms with E-state index < -0.39 is 5.43 Å². The highest BCUT2D eigenvalue weighted by Gasteiger charge is 1.91. The van der Waals surface area contributed by atoms with Crippen LogP contribution in [-0.2, 0) is 9.47 Å². The largest absolute Gasteiger partial charge is 0.451 e. The Bertz CT molecular complexity index is 135. The molecule has 0 heterocycles. The van der Waals surface area contributed by atoms with E-state index in [4.69, 9.17) is 11.6 Å². The molecule has 0 saturated carbocycles. The van der Waals surface area contributed by atoms with E-state index in [2.05, 4.69) is 35.1 Å². The van der Waals surface area contributed by atoms with Crippen molar-refractivity contribution in [3.63, 3.8) is 0 Å². The third-order valence-corrected chi connectivity index (χ3v) is 1.95. The second-order valence-electron chi connectivity index (χ2n) is 2.70. The maximum Gasteiger partial charge on any atom is 0.403 e. The van der Waals surface area contributed by atoms with Crippen LogP contribution in [0.4, 0.5) is 4.79 Å². The summed E-state index contributed by atoms with van der Waals surface area (Å²) in [4.78, 5) is 12.2. The lowest BCUT2D eigenvalue weighted by molar-refractivity contribution is 0.114. The topological polar surface area (TPSA) is 38.8 Å². The van der Waals surface area contributed by atoms with Crippen LogP contribution >= 0.6 is 11.6 Å². The van der Waals surface area contributed by atoms with Gasteiger partial charge in [0.15, 0.2) is 0 Å². The zero-order chi connectivity index (χ0) is 12.1. The lowest BCUT2D eigenvalue weighted by atomic mass is 10.5. The molecule has 0 aliphatic carbocycles. The summed E-state index contributed by atoms with van der Waals surface area (Å²) in [5.74, 6) is 0. The van der Waals surface area contributed by atoms with E-state index in [1.807, 2.05) is 0 Å². The van der Waals surface area contributed by atoms with Gasteiger partial charge in [0, 0.05) is 18.7 Å². The van der Waals surface area contributed by atoms with Crippen molar-refractivity contribution < 1.29 is 14.3 Å². The molecule has 0 amide bonds. The standard InChI is InChI=1S/C6H15N.C4H7ClO3/c1-4-7(5-2)6-3;1-7-2-3-8-4(5)6/h4-6H2,1-3H3;2-3H2,1H3. The summed E-state index contributed by atoms with van der Waals surface area (Å²) in [6.45, 7) is 10.7. The summed E-state index contributed by atoms with van der Waals surface area (Å²) in [6, 6.07) is 0. The van der Waals surface area contributed by atoms with Gasteiger partial charge in [-0.2, -0.15) is 0 Å². The fourth-order valence-electron chi connectivity index (χ4n) is 0.876. The minimum absolute atomic E-state index is 0.221. The Hall–Kier alpha value is -0.320. The quantitative estimate of drug-likeness (QED) is 0.527. The maximum atomic E-state index is 9.81. The molecule has 0 radical (unpaired) electrons. The van der Waals surface area contributed by atoms with E-state index in [1.54, 1.807) is 0 Å². The lowest BCUT2D eigenvalue weighted by Crippen LogP contribution is -2.21. The normalized spacial score (nSPS) is 9.47. The van der Waals surface area contributed by atoms with E-state index in [1.165, 1.54) is 26.7 Å². The third-order valence-electron chi connectivity index (χ3n) is 1.84. The average molecular weight is 240 g/mol. The molecule has 0 fully saturated rings. The van der Waals surface area contributed by atoms with Gasteiger partial charge in [-0.25, -0.2) is 4.79 Å². The number of nitrogens with zero attached hydrogens (tertiary/aromatic N) is 1. The van der Waals surface area contributed by atoms with Crippen LogP contribution in [-0.4, -0.2) is 50.3 Å². The highest BCUT2D eigenvalue weighted by molar-refractivity contribution is 6.61. The first-order valence-electron chi connectivity index (χ1n) is 5.15. The maximum absolute atomic E-state index is 9.81. The van der Waals surface area contributed by atoms with Crippen molar-refractivity contribution in [3.8, 4) is 0 Å². The number of methoxy groups -OCH3 is 1. The average Bonchev–Trinajstić information content (AvgIpc) is 2.21. The Morgan fingerprint density at radius 3 is 1.80 bits per heavy atom. The number of carbonyl (C=O) groups is 1. The van der Waals surface area contributed by atoms with Crippen LogP contribution in [0.15, 0.2) is 0 Å². The molecule has 0 aromatic carbocycles. The van der Waals surface area contributed by atoms with Crippen molar-refractivity contribution in [2.75, 3.05) is 40.0 Å². The molecule has 0 atom stereocenters. The van der Waals surface area contributed by atoms with E-state index in [0.717, 1.165) is 0 Å². The predicted octanol–water partition coefficient (Wildman–Crippen LogP) is 2.36. The Morgan fingerprint density at radius 1 is 1.13 bits per heavy atom. The molecule has 0 spiro atoms. The lowest BCUT2D eigenvalue weighted by Gasteiger charge is -2.13. The van der Waals surface area contributed by atoms with Crippen LogP contribution in [0.25, 0.3) is 0 Å². The van der Waals surface area contributed by atoms with Crippen molar-refractivity contribution in [2.45, 2.75) is 20.8 Å². The Balaban J connectivity index is 0. The number of ether oxygens (including phenoxy) is 2. The molecule has 0 bridgehead atoms. The Morgan fingerprint density at radius 2 is 1.60 bits per heavy atom. The summed E-state index contributed by atoms with van der Waals surface area (Å²) < 4.78 is 8.84. The fourth-order valence-corrected chi connectivity index (χ4v) is 0.953. The van der Waals surface area contributed by atoms with Crippen molar-refractivity contribution >= 4 is 17.0 Å². The van der Waals surface area contributed by atoms with Gasteiger partial charge in [-0.05, 0) is 19.6 Å². The molecule has 4 nitrogen and oxygen atoms in total. The van der Waals surface area contributed by atoms with E-state index in [9.17, 15) is 4.79 Å². The van der Waals surface area contributed by atoms with E-state index >= 15 is 0 Å². The van der Waals surface area contributed by atoms with Crippen molar-refractivity contribution in [2.24, 2.45) is 0 Å². The first-order valence-corrected chi connectivity index (χ1v) is 5.53. The van der Waals surface area contributed by atoms with Crippen LogP contribution in [0.1, 0.15) is 20.8 Å². The fraction of sp³-hybridized carbons (Fsp3) is 0.900. The Labute approximate surface area is 97.5 Å². The summed E-state index contributed by atoms with van der Waals surface area (Å²) in [7, 11) is 1.52. The van der Waals surface area contributed by atoms with Crippen molar-refractivity contribution in [1.29, 1.82) is 0 Å². The highest BCUT2D eigenvalue weighted by Crippen LogP contribution is 1.84.